The summed E-state index contributed by atoms with van der Waals surface area (Å²) in [5.41, 5.74) is 7.38. The van der Waals surface area contributed by atoms with Gasteiger partial charge in [-0.1, -0.05) is 25.3 Å². The highest BCUT2D eigenvalue weighted by Crippen LogP contribution is 2.29. The lowest BCUT2D eigenvalue weighted by atomic mass is 9.82. The predicted octanol–water partition coefficient (Wildman–Crippen LogP) is 2.55. The van der Waals surface area contributed by atoms with Gasteiger partial charge in [-0.3, -0.25) is 4.98 Å². The molecule has 1 fully saturated rings. The molecule has 0 aromatic carbocycles. The smallest absolute Gasteiger partial charge is 0.0754 e. The first-order chi connectivity index (χ1) is 8.81. The first kappa shape index (κ1) is 13.5. The van der Waals surface area contributed by atoms with Gasteiger partial charge in [0.05, 0.1) is 6.10 Å². The Morgan fingerprint density at radius 2 is 2.11 bits per heavy atom. The second kappa shape index (κ2) is 6.86. The molecule has 2 rings (SSSR count). The van der Waals surface area contributed by atoms with Gasteiger partial charge in [-0.05, 0) is 30.9 Å². The lowest BCUT2D eigenvalue weighted by molar-refractivity contribution is 0.0177. The number of methoxy groups -OCH3 is 1. The van der Waals surface area contributed by atoms with Crippen molar-refractivity contribution >= 4 is 0 Å². The van der Waals surface area contributed by atoms with Gasteiger partial charge in [0, 0.05) is 31.5 Å². The summed E-state index contributed by atoms with van der Waals surface area (Å²) < 4.78 is 5.67. The zero-order chi connectivity index (χ0) is 12.8. The van der Waals surface area contributed by atoms with Gasteiger partial charge in [0.15, 0.2) is 0 Å². The molecular formula is C15H24N2O. The van der Waals surface area contributed by atoms with Crippen molar-refractivity contribution in [3.05, 3.63) is 30.1 Å². The maximum Gasteiger partial charge on any atom is 0.0754 e. The van der Waals surface area contributed by atoms with Gasteiger partial charge in [0.2, 0.25) is 0 Å². The van der Waals surface area contributed by atoms with E-state index in [9.17, 15) is 0 Å². The fourth-order valence-electron chi connectivity index (χ4n) is 3.06. The summed E-state index contributed by atoms with van der Waals surface area (Å²) in [5, 5.41) is 0. The summed E-state index contributed by atoms with van der Waals surface area (Å²) >= 11 is 0. The Kier molecular flexibility index (Phi) is 5.14. The van der Waals surface area contributed by atoms with Crippen LogP contribution in [0.4, 0.5) is 0 Å². The fraction of sp³-hybridized carbons (Fsp3) is 0.667. The van der Waals surface area contributed by atoms with Crippen LogP contribution in [0, 0.1) is 5.92 Å². The SMILES string of the molecule is COC(C(N)Cc1ccccn1)C1CCCCC1. The van der Waals surface area contributed by atoms with Crippen molar-refractivity contribution in [3.8, 4) is 0 Å². The summed E-state index contributed by atoms with van der Waals surface area (Å²) in [5.74, 6) is 0.627. The third-order valence-electron chi connectivity index (χ3n) is 3.98. The van der Waals surface area contributed by atoms with E-state index in [0.717, 1.165) is 12.1 Å². The minimum atomic E-state index is 0.0491. The number of aromatic nitrogens is 1. The molecule has 0 saturated heterocycles. The predicted molar refractivity (Wildman–Crippen MR) is 73.3 cm³/mol. The van der Waals surface area contributed by atoms with Crippen LogP contribution in [0.15, 0.2) is 24.4 Å². The van der Waals surface area contributed by atoms with E-state index in [1.165, 1.54) is 32.1 Å². The van der Waals surface area contributed by atoms with Crippen molar-refractivity contribution in [2.24, 2.45) is 11.7 Å². The van der Waals surface area contributed by atoms with Crippen LogP contribution in [0.1, 0.15) is 37.8 Å². The van der Waals surface area contributed by atoms with Gasteiger partial charge >= 0.3 is 0 Å². The summed E-state index contributed by atoms with van der Waals surface area (Å²) in [7, 11) is 1.79. The van der Waals surface area contributed by atoms with Crippen molar-refractivity contribution in [3.63, 3.8) is 0 Å². The molecule has 3 nitrogen and oxygen atoms in total. The zero-order valence-corrected chi connectivity index (χ0v) is 11.2. The molecule has 18 heavy (non-hydrogen) atoms. The highest BCUT2D eigenvalue weighted by molar-refractivity contribution is 5.06. The summed E-state index contributed by atoms with van der Waals surface area (Å²) in [6.45, 7) is 0. The second-order valence-electron chi connectivity index (χ2n) is 5.29. The third kappa shape index (κ3) is 3.53. The van der Waals surface area contributed by atoms with E-state index in [4.69, 9.17) is 10.5 Å². The van der Waals surface area contributed by atoms with E-state index in [2.05, 4.69) is 4.98 Å². The molecule has 0 aliphatic heterocycles. The summed E-state index contributed by atoms with van der Waals surface area (Å²) in [6.07, 6.45) is 9.32. The molecule has 3 heteroatoms. The Morgan fingerprint density at radius 1 is 1.33 bits per heavy atom. The Hall–Kier alpha value is -0.930. The van der Waals surface area contributed by atoms with E-state index in [-0.39, 0.29) is 12.1 Å². The zero-order valence-electron chi connectivity index (χ0n) is 11.2. The van der Waals surface area contributed by atoms with Crippen LogP contribution in [-0.2, 0) is 11.2 Å². The first-order valence-electron chi connectivity index (χ1n) is 6.99. The Bertz CT molecular complexity index is 336. The molecule has 1 aliphatic carbocycles. The van der Waals surface area contributed by atoms with E-state index >= 15 is 0 Å². The minimum absolute atomic E-state index is 0.0491. The molecule has 1 aliphatic rings. The van der Waals surface area contributed by atoms with E-state index in [1.54, 1.807) is 7.11 Å². The second-order valence-corrected chi connectivity index (χ2v) is 5.29. The maximum absolute atomic E-state index is 6.33. The molecule has 100 valence electrons. The normalized spacial score (nSPS) is 20.6. The molecule has 2 unspecified atom stereocenters. The molecule has 2 atom stereocenters. The average Bonchev–Trinajstić information content (AvgIpc) is 2.42. The molecule has 1 aromatic heterocycles. The van der Waals surface area contributed by atoms with E-state index in [1.807, 2.05) is 24.4 Å². The Labute approximate surface area is 110 Å². The van der Waals surface area contributed by atoms with Gasteiger partial charge in [0.1, 0.15) is 0 Å². The molecule has 0 radical (unpaired) electrons. The molecule has 1 saturated carbocycles. The lowest BCUT2D eigenvalue weighted by Crippen LogP contribution is -2.43. The van der Waals surface area contributed by atoms with Crippen molar-refractivity contribution in [1.82, 2.24) is 4.98 Å². The molecule has 0 amide bonds. The van der Waals surface area contributed by atoms with Crippen LogP contribution < -0.4 is 5.73 Å². The van der Waals surface area contributed by atoms with E-state index in [0.29, 0.717) is 5.92 Å². The molecule has 0 spiro atoms. The van der Waals surface area contributed by atoms with Gasteiger partial charge in [-0.2, -0.15) is 0 Å². The van der Waals surface area contributed by atoms with Crippen molar-refractivity contribution in [1.29, 1.82) is 0 Å². The van der Waals surface area contributed by atoms with Crippen LogP contribution in [0.3, 0.4) is 0 Å². The standard InChI is InChI=1S/C15H24N2O/c1-18-15(12-7-3-2-4-8-12)14(16)11-13-9-5-6-10-17-13/h5-6,9-10,12,14-15H,2-4,7-8,11,16H2,1H3. The topological polar surface area (TPSA) is 48.1 Å². The molecule has 2 N–H and O–H groups in total. The molecular weight excluding hydrogens is 224 g/mol. The van der Waals surface area contributed by atoms with Crippen LogP contribution in [-0.4, -0.2) is 24.2 Å². The van der Waals surface area contributed by atoms with Crippen molar-refractivity contribution in [2.75, 3.05) is 7.11 Å². The molecule has 0 bridgehead atoms. The number of nitrogens with zero attached hydrogens (tertiary/aromatic N) is 1. The highest BCUT2D eigenvalue weighted by Gasteiger charge is 2.28. The Morgan fingerprint density at radius 3 is 2.72 bits per heavy atom. The van der Waals surface area contributed by atoms with Crippen LogP contribution in [0.25, 0.3) is 0 Å². The largest absolute Gasteiger partial charge is 0.380 e. The van der Waals surface area contributed by atoms with Crippen LogP contribution in [0.2, 0.25) is 0 Å². The summed E-state index contributed by atoms with van der Waals surface area (Å²) in [4.78, 5) is 4.34. The van der Waals surface area contributed by atoms with Gasteiger partial charge in [-0.15, -0.1) is 0 Å². The molecule has 1 aromatic rings. The number of nitrogens with two attached hydrogens (primary N) is 1. The minimum Gasteiger partial charge on any atom is -0.380 e. The number of hydrogen-bond donors (Lipinski definition) is 1. The number of hydrogen-bond acceptors (Lipinski definition) is 3. The third-order valence-corrected chi connectivity index (χ3v) is 3.98. The molecule has 1 heterocycles. The van der Waals surface area contributed by atoms with Gasteiger partial charge < -0.3 is 10.5 Å². The summed E-state index contributed by atoms with van der Waals surface area (Å²) in [6, 6.07) is 6.03. The van der Waals surface area contributed by atoms with Gasteiger partial charge in [-0.25, -0.2) is 0 Å². The quantitative estimate of drug-likeness (QED) is 0.871. The highest BCUT2D eigenvalue weighted by atomic mass is 16.5. The van der Waals surface area contributed by atoms with Gasteiger partial charge in [0.25, 0.3) is 0 Å². The van der Waals surface area contributed by atoms with Crippen molar-refractivity contribution in [2.45, 2.75) is 50.7 Å². The van der Waals surface area contributed by atoms with Crippen LogP contribution in [0.5, 0.6) is 0 Å². The Balaban J connectivity index is 1.94. The lowest BCUT2D eigenvalue weighted by Gasteiger charge is -2.33. The maximum atomic E-state index is 6.33. The monoisotopic (exact) mass is 248 g/mol. The number of pyridine rings is 1. The number of rotatable bonds is 5. The fourth-order valence-corrected chi connectivity index (χ4v) is 3.06. The average molecular weight is 248 g/mol. The van der Waals surface area contributed by atoms with Crippen LogP contribution >= 0.6 is 0 Å². The van der Waals surface area contributed by atoms with E-state index < -0.39 is 0 Å². The van der Waals surface area contributed by atoms with Crippen molar-refractivity contribution < 1.29 is 4.74 Å². The number of ether oxygens (including phenoxy) is 1. The first-order valence-corrected chi connectivity index (χ1v) is 6.99.